The van der Waals surface area contributed by atoms with E-state index in [1.807, 2.05) is 6.92 Å². The van der Waals surface area contributed by atoms with Gasteiger partial charge in [0.05, 0.1) is 0 Å². The lowest BCUT2D eigenvalue weighted by molar-refractivity contribution is 0.255. The first-order valence-corrected chi connectivity index (χ1v) is 9.57. The van der Waals surface area contributed by atoms with Crippen LogP contribution in [0.3, 0.4) is 0 Å². The maximum absolute atomic E-state index is 5.81. The van der Waals surface area contributed by atoms with Crippen LogP contribution in [0.5, 0.6) is 0 Å². The topological polar surface area (TPSA) is 16.4 Å². The lowest BCUT2D eigenvalue weighted by Crippen LogP contribution is -2.27. The molecule has 3 rings (SSSR count). The van der Waals surface area contributed by atoms with Gasteiger partial charge in [-0.25, -0.2) is 0 Å². The van der Waals surface area contributed by atoms with E-state index in [0.717, 1.165) is 44.0 Å². The molecule has 0 radical (unpaired) electrons. The van der Waals surface area contributed by atoms with Crippen LogP contribution in [0.2, 0.25) is 0 Å². The second-order valence-electron chi connectivity index (χ2n) is 7.14. The number of furan rings is 1. The van der Waals surface area contributed by atoms with Gasteiger partial charge < -0.3 is 4.42 Å². The van der Waals surface area contributed by atoms with Gasteiger partial charge in [0.25, 0.3) is 0 Å². The van der Waals surface area contributed by atoms with Crippen molar-refractivity contribution in [3.63, 3.8) is 0 Å². The van der Waals surface area contributed by atoms with Crippen LogP contribution >= 0.6 is 0 Å². The Morgan fingerprint density at radius 3 is 2.08 bits per heavy atom. The van der Waals surface area contributed by atoms with E-state index in [4.69, 9.17) is 4.42 Å². The number of hydrogen-bond donors (Lipinski definition) is 0. The SMILES string of the molecule is Cc1ccc([C@@H](C)CCN(CCc2ccccc2)Cc2ccccc2)o1. The fourth-order valence-corrected chi connectivity index (χ4v) is 3.28. The number of hydrogen-bond acceptors (Lipinski definition) is 2. The van der Waals surface area contributed by atoms with Crippen LogP contribution in [0.1, 0.15) is 41.9 Å². The van der Waals surface area contributed by atoms with Crippen LogP contribution in [-0.2, 0) is 13.0 Å². The smallest absolute Gasteiger partial charge is 0.107 e. The highest BCUT2D eigenvalue weighted by Crippen LogP contribution is 2.22. The summed E-state index contributed by atoms with van der Waals surface area (Å²) in [4.78, 5) is 2.56. The van der Waals surface area contributed by atoms with E-state index in [1.165, 1.54) is 11.1 Å². The summed E-state index contributed by atoms with van der Waals surface area (Å²) >= 11 is 0. The van der Waals surface area contributed by atoms with Gasteiger partial charge in [-0.1, -0.05) is 67.6 Å². The van der Waals surface area contributed by atoms with E-state index in [2.05, 4.69) is 84.6 Å². The first-order valence-electron chi connectivity index (χ1n) is 9.57. The van der Waals surface area contributed by atoms with Crippen molar-refractivity contribution >= 4 is 0 Å². The van der Waals surface area contributed by atoms with Crippen LogP contribution in [0.4, 0.5) is 0 Å². The van der Waals surface area contributed by atoms with Gasteiger partial charge in [0.1, 0.15) is 11.5 Å². The summed E-state index contributed by atoms with van der Waals surface area (Å²) in [6.07, 6.45) is 2.19. The minimum absolute atomic E-state index is 0.443. The largest absolute Gasteiger partial charge is 0.466 e. The molecule has 0 saturated heterocycles. The number of benzene rings is 2. The summed E-state index contributed by atoms with van der Waals surface area (Å²) in [6, 6.07) is 25.7. The standard InChI is InChI=1S/C24H29NO/c1-20(24-14-13-21(2)26-24)15-17-25(19-23-11-7-4-8-12-23)18-16-22-9-5-3-6-10-22/h3-14,20H,15-19H2,1-2H3/t20-/m0/s1. The van der Waals surface area contributed by atoms with Gasteiger partial charge in [-0.2, -0.15) is 0 Å². The minimum atomic E-state index is 0.443. The maximum atomic E-state index is 5.81. The average molecular weight is 348 g/mol. The van der Waals surface area contributed by atoms with Gasteiger partial charge in [0, 0.05) is 19.0 Å². The third-order valence-electron chi connectivity index (χ3n) is 4.93. The van der Waals surface area contributed by atoms with Crippen LogP contribution in [-0.4, -0.2) is 18.0 Å². The van der Waals surface area contributed by atoms with E-state index in [1.54, 1.807) is 0 Å². The molecule has 1 atom stereocenters. The zero-order valence-corrected chi connectivity index (χ0v) is 15.9. The normalized spacial score (nSPS) is 12.4. The van der Waals surface area contributed by atoms with Gasteiger partial charge in [0.2, 0.25) is 0 Å². The number of rotatable bonds is 9. The average Bonchev–Trinajstić information content (AvgIpc) is 3.12. The molecule has 0 spiro atoms. The fourth-order valence-electron chi connectivity index (χ4n) is 3.28. The second kappa shape index (κ2) is 9.40. The molecule has 0 aliphatic rings. The lowest BCUT2D eigenvalue weighted by atomic mass is 10.0. The quantitative estimate of drug-likeness (QED) is 0.484. The first kappa shape index (κ1) is 18.5. The van der Waals surface area contributed by atoms with Gasteiger partial charge in [-0.15, -0.1) is 0 Å². The number of aryl methyl sites for hydroxylation is 1. The maximum Gasteiger partial charge on any atom is 0.107 e. The number of nitrogens with zero attached hydrogens (tertiary/aromatic N) is 1. The molecular weight excluding hydrogens is 318 g/mol. The fraction of sp³-hybridized carbons (Fsp3) is 0.333. The molecule has 0 aliphatic heterocycles. The summed E-state index contributed by atoms with van der Waals surface area (Å²) in [5.74, 6) is 2.54. The monoisotopic (exact) mass is 347 g/mol. The molecule has 0 bridgehead atoms. The van der Waals surface area contributed by atoms with Crippen LogP contribution < -0.4 is 0 Å². The van der Waals surface area contributed by atoms with E-state index in [9.17, 15) is 0 Å². The third kappa shape index (κ3) is 5.60. The lowest BCUT2D eigenvalue weighted by Gasteiger charge is -2.24. The minimum Gasteiger partial charge on any atom is -0.466 e. The van der Waals surface area contributed by atoms with E-state index >= 15 is 0 Å². The highest BCUT2D eigenvalue weighted by atomic mass is 16.3. The highest BCUT2D eigenvalue weighted by molar-refractivity contribution is 5.16. The Morgan fingerprint density at radius 1 is 0.808 bits per heavy atom. The molecule has 0 amide bonds. The van der Waals surface area contributed by atoms with Crippen LogP contribution in [0, 0.1) is 6.92 Å². The van der Waals surface area contributed by atoms with Crippen molar-refractivity contribution in [2.24, 2.45) is 0 Å². The van der Waals surface area contributed by atoms with Crippen molar-refractivity contribution < 1.29 is 4.42 Å². The zero-order valence-electron chi connectivity index (χ0n) is 15.9. The molecular formula is C24H29NO. The first-order chi connectivity index (χ1) is 12.7. The molecule has 0 fully saturated rings. The molecule has 2 aromatic carbocycles. The summed E-state index contributed by atoms with van der Waals surface area (Å²) in [5.41, 5.74) is 2.78. The molecule has 2 heteroatoms. The Hall–Kier alpha value is -2.32. The molecule has 1 heterocycles. The highest BCUT2D eigenvalue weighted by Gasteiger charge is 2.13. The van der Waals surface area contributed by atoms with E-state index in [0.29, 0.717) is 5.92 Å². The second-order valence-corrected chi connectivity index (χ2v) is 7.14. The van der Waals surface area contributed by atoms with Crippen molar-refractivity contribution in [1.29, 1.82) is 0 Å². The van der Waals surface area contributed by atoms with Crippen molar-refractivity contribution in [3.05, 3.63) is 95.4 Å². The predicted molar refractivity (Wildman–Crippen MR) is 108 cm³/mol. The Bertz CT molecular complexity index is 763. The Labute approximate surface area is 157 Å². The van der Waals surface area contributed by atoms with Crippen LogP contribution in [0.25, 0.3) is 0 Å². The predicted octanol–water partition coefficient (Wildman–Crippen LogP) is 5.83. The van der Waals surface area contributed by atoms with Gasteiger partial charge in [0.15, 0.2) is 0 Å². The van der Waals surface area contributed by atoms with Crippen molar-refractivity contribution in [2.45, 2.75) is 39.2 Å². The Morgan fingerprint density at radius 2 is 1.46 bits per heavy atom. The summed E-state index contributed by atoms with van der Waals surface area (Å²) < 4.78 is 5.81. The molecule has 0 N–H and O–H groups in total. The van der Waals surface area contributed by atoms with Crippen molar-refractivity contribution in [1.82, 2.24) is 4.90 Å². The Kier molecular flexibility index (Phi) is 6.68. The van der Waals surface area contributed by atoms with Gasteiger partial charge in [-0.05, 0) is 49.6 Å². The van der Waals surface area contributed by atoms with E-state index in [-0.39, 0.29) is 0 Å². The van der Waals surface area contributed by atoms with E-state index < -0.39 is 0 Å². The molecule has 3 aromatic rings. The molecule has 26 heavy (non-hydrogen) atoms. The Balaban J connectivity index is 1.60. The van der Waals surface area contributed by atoms with Crippen molar-refractivity contribution in [2.75, 3.05) is 13.1 Å². The van der Waals surface area contributed by atoms with Crippen molar-refractivity contribution in [3.8, 4) is 0 Å². The summed E-state index contributed by atoms with van der Waals surface area (Å²) in [6.45, 7) is 7.41. The third-order valence-corrected chi connectivity index (χ3v) is 4.93. The van der Waals surface area contributed by atoms with Gasteiger partial charge >= 0.3 is 0 Å². The molecule has 2 nitrogen and oxygen atoms in total. The van der Waals surface area contributed by atoms with Gasteiger partial charge in [-0.3, -0.25) is 4.90 Å². The molecule has 0 aliphatic carbocycles. The van der Waals surface area contributed by atoms with Crippen LogP contribution in [0.15, 0.2) is 77.2 Å². The zero-order chi connectivity index (χ0) is 18.2. The molecule has 136 valence electrons. The molecule has 1 aromatic heterocycles. The molecule has 0 saturated carbocycles. The summed E-state index contributed by atoms with van der Waals surface area (Å²) in [7, 11) is 0. The molecule has 0 unspecified atom stereocenters. The summed E-state index contributed by atoms with van der Waals surface area (Å²) in [5, 5.41) is 0.